The van der Waals surface area contributed by atoms with Crippen LogP contribution in [0.2, 0.25) is 0 Å². The zero-order valence-corrected chi connectivity index (χ0v) is 12.0. The molecule has 1 aromatic carbocycles. The first-order valence-electron chi connectivity index (χ1n) is 6.70. The van der Waals surface area contributed by atoms with E-state index in [1.807, 2.05) is 37.3 Å². The van der Waals surface area contributed by atoms with Crippen LogP contribution in [0.15, 0.2) is 60.6 Å². The van der Waals surface area contributed by atoms with Gasteiger partial charge in [-0.1, -0.05) is 24.8 Å². The maximum absolute atomic E-state index is 11.1. The Balaban J connectivity index is 2.33. The highest BCUT2D eigenvalue weighted by molar-refractivity contribution is 5.83. The summed E-state index contributed by atoms with van der Waals surface area (Å²) in [5, 5.41) is 0. The average Bonchev–Trinajstić information content (AvgIpc) is 2.49. The van der Waals surface area contributed by atoms with Crippen molar-refractivity contribution in [2.45, 2.75) is 13.3 Å². The molecule has 0 unspecified atom stereocenters. The molecule has 0 saturated heterocycles. The number of carbonyl (C=O) groups excluding carboxylic acids is 1. The molecule has 0 amide bonds. The molecule has 3 nitrogen and oxygen atoms in total. The van der Waals surface area contributed by atoms with E-state index in [0.29, 0.717) is 17.7 Å². The fourth-order valence-electron chi connectivity index (χ4n) is 2.15. The van der Waals surface area contributed by atoms with Crippen LogP contribution in [0.1, 0.15) is 17.5 Å². The molecular formula is C18H18N2O. The van der Waals surface area contributed by atoms with Gasteiger partial charge < -0.3 is 5.73 Å². The Bertz CT molecular complexity index is 688. The molecule has 0 atom stereocenters. The van der Waals surface area contributed by atoms with E-state index in [9.17, 15) is 4.79 Å². The van der Waals surface area contributed by atoms with Crippen molar-refractivity contribution in [3.63, 3.8) is 0 Å². The first-order chi connectivity index (χ1) is 10.1. The van der Waals surface area contributed by atoms with Crippen molar-refractivity contribution in [3.05, 3.63) is 71.7 Å². The van der Waals surface area contributed by atoms with E-state index < -0.39 is 0 Å². The van der Waals surface area contributed by atoms with Crippen LogP contribution in [0, 0.1) is 6.92 Å². The molecule has 0 aliphatic heterocycles. The van der Waals surface area contributed by atoms with E-state index in [1.165, 1.54) is 0 Å². The number of hydrogen-bond donors (Lipinski definition) is 1. The molecule has 3 heteroatoms. The highest BCUT2D eigenvalue weighted by Gasteiger charge is 2.03. The van der Waals surface area contributed by atoms with Crippen LogP contribution in [-0.2, 0) is 4.79 Å². The Hall–Kier alpha value is -2.68. The van der Waals surface area contributed by atoms with Gasteiger partial charge in [0.15, 0.2) is 0 Å². The van der Waals surface area contributed by atoms with Crippen LogP contribution < -0.4 is 5.73 Å². The first kappa shape index (κ1) is 14.7. The lowest BCUT2D eigenvalue weighted by molar-refractivity contribution is -0.104. The standard InChI is InChI=1S/C18H18N2O/c1-13-9-18(16-5-7-20-8-6-16)4-3-17(13)11-15(12-21)10-14(2)19/h3-9,11-12H,2,10,19H2,1H3/b15-11+. The molecule has 0 saturated carbocycles. The number of hydrogen-bond acceptors (Lipinski definition) is 3. The van der Waals surface area contributed by atoms with Crippen LogP contribution in [0.25, 0.3) is 17.2 Å². The number of carbonyl (C=O) groups is 1. The van der Waals surface area contributed by atoms with Gasteiger partial charge in [0, 0.05) is 24.5 Å². The van der Waals surface area contributed by atoms with Crippen molar-refractivity contribution < 1.29 is 4.79 Å². The number of allylic oxidation sites excluding steroid dienone is 1. The molecule has 2 rings (SSSR count). The number of aldehydes is 1. The Labute approximate surface area is 124 Å². The SMILES string of the molecule is C=C(N)C/C(C=O)=C\c1ccc(-c2ccncc2)cc1C. The van der Waals surface area contributed by atoms with Gasteiger partial charge >= 0.3 is 0 Å². The van der Waals surface area contributed by atoms with Gasteiger partial charge in [0.1, 0.15) is 6.29 Å². The van der Waals surface area contributed by atoms with Gasteiger partial charge in [-0.05, 0) is 53.0 Å². The lowest BCUT2D eigenvalue weighted by Crippen LogP contribution is -1.98. The van der Waals surface area contributed by atoms with Crippen LogP contribution >= 0.6 is 0 Å². The molecule has 0 fully saturated rings. The highest BCUT2D eigenvalue weighted by Crippen LogP contribution is 2.23. The second kappa shape index (κ2) is 6.66. The lowest BCUT2D eigenvalue weighted by atomic mass is 9.98. The molecular weight excluding hydrogens is 260 g/mol. The number of benzene rings is 1. The van der Waals surface area contributed by atoms with Crippen molar-refractivity contribution >= 4 is 12.4 Å². The smallest absolute Gasteiger partial charge is 0.146 e. The quantitative estimate of drug-likeness (QED) is 0.672. The Morgan fingerprint density at radius 3 is 2.52 bits per heavy atom. The fourth-order valence-corrected chi connectivity index (χ4v) is 2.15. The van der Waals surface area contributed by atoms with Crippen molar-refractivity contribution in [2.24, 2.45) is 5.73 Å². The summed E-state index contributed by atoms with van der Waals surface area (Å²) in [4.78, 5) is 15.1. The minimum absolute atomic E-state index is 0.398. The first-order valence-corrected chi connectivity index (χ1v) is 6.70. The molecule has 0 aliphatic rings. The summed E-state index contributed by atoms with van der Waals surface area (Å²) < 4.78 is 0. The Kier molecular flexibility index (Phi) is 4.67. The van der Waals surface area contributed by atoms with Crippen LogP contribution in [0.3, 0.4) is 0 Å². The van der Waals surface area contributed by atoms with Gasteiger partial charge in [0.25, 0.3) is 0 Å². The van der Waals surface area contributed by atoms with Gasteiger partial charge in [0.2, 0.25) is 0 Å². The molecule has 0 aliphatic carbocycles. The van der Waals surface area contributed by atoms with Gasteiger partial charge in [-0.15, -0.1) is 0 Å². The lowest BCUT2D eigenvalue weighted by Gasteiger charge is -2.07. The minimum atomic E-state index is 0.398. The van der Waals surface area contributed by atoms with Crippen LogP contribution in [-0.4, -0.2) is 11.3 Å². The Morgan fingerprint density at radius 2 is 1.95 bits per heavy atom. The third-order valence-corrected chi connectivity index (χ3v) is 3.21. The van der Waals surface area contributed by atoms with Gasteiger partial charge in [-0.2, -0.15) is 0 Å². The van der Waals surface area contributed by atoms with E-state index in [2.05, 4.69) is 17.6 Å². The summed E-state index contributed by atoms with van der Waals surface area (Å²) >= 11 is 0. The zero-order valence-electron chi connectivity index (χ0n) is 12.0. The van der Waals surface area contributed by atoms with E-state index >= 15 is 0 Å². The van der Waals surface area contributed by atoms with Gasteiger partial charge in [-0.3, -0.25) is 9.78 Å². The van der Waals surface area contributed by atoms with E-state index in [4.69, 9.17) is 5.73 Å². The number of nitrogens with two attached hydrogens (primary N) is 1. The second-order valence-corrected chi connectivity index (χ2v) is 4.98. The molecule has 21 heavy (non-hydrogen) atoms. The summed E-state index contributed by atoms with van der Waals surface area (Å²) in [6, 6.07) is 10.1. The molecule has 1 aromatic heterocycles. The number of aryl methyl sites for hydroxylation is 1. The van der Waals surface area contributed by atoms with E-state index in [0.717, 1.165) is 28.5 Å². The number of nitrogens with zero attached hydrogens (tertiary/aromatic N) is 1. The van der Waals surface area contributed by atoms with Crippen molar-refractivity contribution in [1.82, 2.24) is 4.98 Å². The third-order valence-electron chi connectivity index (χ3n) is 3.21. The molecule has 0 bridgehead atoms. The number of aromatic nitrogens is 1. The molecule has 1 heterocycles. The highest BCUT2D eigenvalue weighted by atomic mass is 16.1. The molecule has 0 radical (unpaired) electrons. The van der Waals surface area contributed by atoms with E-state index in [1.54, 1.807) is 12.4 Å². The molecule has 2 N–H and O–H groups in total. The largest absolute Gasteiger partial charge is 0.402 e. The maximum Gasteiger partial charge on any atom is 0.146 e. The number of pyridine rings is 1. The van der Waals surface area contributed by atoms with Gasteiger partial charge in [0.05, 0.1) is 0 Å². The predicted octanol–water partition coefficient (Wildman–Crippen LogP) is 3.50. The molecule has 0 spiro atoms. The summed E-state index contributed by atoms with van der Waals surface area (Å²) in [6.07, 6.45) is 6.63. The predicted molar refractivity (Wildman–Crippen MR) is 86.4 cm³/mol. The summed E-state index contributed by atoms with van der Waals surface area (Å²) in [6.45, 7) is 5.66. The zero-order chi connectivity index (χ0) is 15.2. The topological polar surface area (TPSA) is 56.0 Å². The summed E-state index contributed by atoms with van der Waals surface area (Å²) in [7, 11) is 0. The van der Waals surface area contributed by atoms with Crippen molar-refractivity contribution in [2.75, 3.05) is 0 Å². The average molecular weight is 278 g/mol. The normalized spacial score (nSPS) is 11.2. The van der Waals surface area contributed by atoms with Crippen LogP contribution in [0.5, 0.6) is 0 Å². The Morgan fingerprint density at radius 1 is 1.24 bits per heavy atom. The minimum Gasteiger partial charge on any atom is -0.402 e. The maximum atomic E-state index is 11.1. The van der Waals surface area contributed by atoms with Gasteiger partial charge in [-0.25, -0.2) is 0 Å². The van der Waals surface area contributed by atoms with Crippen molar-refractivity contribution in [3.8, 4) is 11.1 Å². The monoisotopic (exact) mass is 278 g/mol. The molecule has 2 aromatic rings. The second-order valence-electron chi connectivity index (χ2n) is 4.98. The fraction of sp³-hybridized carbons (Fsp3) is 0.111. The summed E-state index contributed by atoms with van der Waals surface area (Å²) in [5.41, 5.74) is 11.0. The third kappa shape index (κ3) is 3.89. The van der Waals surface area contributed by atoms with Crippen LogP contribution in [0.4, 0.5) is 0 Å². The van der Waals surface area contributed by atoms with Crippen molar-refractivity contribution in [1.29, 1.82) is 0 Å². The van der Waals surface area contributed by atoms with E-state index in [-0.39, 0.29) is 0 Å². The number of rotatable bonds is 5. The molecule has 106 valence electrons. The summed E-state index contributed by atoms with van der Waals surface area (Å²) in [5.74, 6) is 0.